The molecule has 0 atom stereocenters. The number of nitrogens with one attached hydrogen (secondary N) is 1. The van der Waals surface area contributed by atoms with E-state index in [0.29, 0.717) is 5.88 Å². The van der Waals surface area contributed by atoms with Crippen LogP contribution in [0, 0.1) is 5.41 Å². The normalized spacial score (nSPS) is 11.4. The number of hydrogen-bond acceptors (Lipinski definition) is 2. The van der Waals surface area contributed by atoms with E-state index in [-0.39, 0.29) is 5.41 Å². The van der Waals surface area contributed by atoms with Crippen LogP contribution in [0.2, 0.25) is 0 Å². The fraction of sp³-hybridized carbons (Fsp3) is 0.545. The minimum atomic E-state index is 0.241. The molecular formula is C11H17ClN2. The number of rotatable bonds is 5. The van der Waals surface area contributed by atoms with E-state index in [2.05, 4.69) is 24.1 Å². The van der Waals surface area contributed by atoms with Crippen LogP contribution in [0.3, 0.4) is 0 Å². The van der Waals surface area contributed by atoms with Gasteiger partial charge in [-0.1, -0.05) is 13.8 Å². The molecule has 0 amide bonds. The molecule has 0 saturated heterocycles. The van der Waals surface area contributed by atoms with E-state index < -0.39 is 0 Å². The summed E-state index contributed by atoms with van der Waals surface area (Å²) in [6, 6.07) is 3.94. The predicted octanol–water partition coefficient (Wildman–Crippen LogP) is 3.15. The maximum absolute atomic E-state index is 5.73. The summed E-state index contributed by atoms with van der Waals surface area (Å²) in [7, 11) is 0. The predicted molar refractivity (Wildman–Crippen MR) is 61.8 cm³/mol. The van der Waals surface area contributed by atoms with Gasteiger partial charge in [-0.15, -0.1) is 11.6 Å². The molecule has 2 nitrogen and oxygen atoms in total. The number of nitrogens with zero attached hydrogens (tertiary/aromatic N) is 1. The topological polar surface area (TPSA) is 24.9 Å². The van der Waals surface area contributed by atoms with Gasteiger partial charge in [0.15, 0.2) is 0 Å². The summed E-state index contributed by atoms with van der Waals surface area (Å²) in [5, 5.41) is 3.37. The van der Waals surface area contributed by atoms with Crippen LogP contribution in [0.25, 0.3) is 0 Å². The highest BCUT2D eigenvalue weighted by molar-refractivity contribution is 6.17. The Kier molecular flexibility index (Phi) is 4.21. The fourth-order valence-corrected chi connectivity index (χ4v) is 1.67. The molecule has 3 heteroatoms. The van der Waals surface area contributed by atoms with Gasteiger partial charge < -0.3 is 5.32 Å². The summed E-state index contributed by atoms with van der Waals surface area (Å²) < 4.78 is 0. The first-order valence-electron chi connectivity index (χ1n) is 4.84. The second kappa shape index (κ2) is 5.20. The van der Waals surface area contributed by atoms with E-state index in [1.165, 1.54) is 0 Å². The summed E-state index contributed by atoms with van der Waals surface area (Å²) in [6.45, 7) is 5.36. The third-order valence-electron chi connectivity index (χ3n) is 2.22. The lowest BCUT2D eigenvalue weighted by molar-refractivity contribution is 0.379. The molecule has 1 aromatic rings. The van der Waals surface area contributed by atoms with Crippen molar-refractivity contribution in [3.8, 4) is 0 Å². The Morgan fingerprint density at radius 2 is 2.00 bits per heavy atom. The molecule has 0 saturated carbocycles. The number of pyridine rings is 1. The average Bonchev–Trinajstić information content (AvgIpc) is 2.17. The van der Waals surface area contributed by atoms with E-state index in [1.807, 2.05) is 12.1 Å². The van der Waals surface area contributed by atoms with Crippen molar-refractivity contribution >= 4 is 17.3 Å². The van der Waals surface area contributed by atoms with Gasteiger partial charge in [-0.2, -0.15) is 0 Å². The van der Waals surface area contributed by atoms with E-state index >= 15 is 0 Å². The van der Waals surface area contributed by atoms with Gasteiger partial charge in [-0.3, -0.25) is 4.98 Å². The number of anilines is 1. The molecule has 0 radical (unpaired) electrons. The molecule has 1 heterocycles. The van der Waals surface area contributed by atoms with Crippen molar-refractivity contribution in [3.05, 3.63) is 24.5 Å². The lowest BCUT2D eigenvalue weighted by atomic mass is 9.90. The highest BCUT2D eigenvalue weighted by Crippen LogP contribution is 2.21. The molecule has 1 rings (SSSR count). The third-order valence-corrected chi connectivity index (χ3v) is 2.41. The second-order valence-corrected chi connectivity index (χ2v) is 4.57. The average molecular weight is 213 g/mol. The molecule has 0 aliphatic carbocycles. The van der Waals surface area contributed by atoms with Crippen LogP contribution in [0.5, 0.6) is 0 Å². The molecule has 0 bridgehead atoms. The molecule has 0 aliphatic heterocycles. The van der Waals surface area contributed by atoms with E-state index in [1.54, 1.807) is 12.4 Å². The van der Waals surface area contributed by atoms with Crippen LogP contribution in [0.4, 0.5) is 5.69 Å². The van der Waals surface area contributed by atoms with Gasteiger partial charge in [0.2, 0.25) is 0 Å². The van der Waals surface area contributed by atoms with Crippen molar-refractivity contribution in [1.29, 1.82) is 0 Å². The largest absolute Gasteiger partial charge is 0.384 e. The van der Waals surface area contributed by atoms with Crippen molar-refractivity contribution in [2.75, 3.05) is 17.7 Å². The summed E-state index contributed by atoms with van der Waals surface area (Å²) in [5.74, 6) is 0.713. The monoisotopic (exact) mass is 212 g/mol. The molecule has 0 unspecified atom stereocenters. The molecule has 0 fully saturated rings. The Morgan fingerprint density at radius 1 is 1.36 bits per heavy atom. The van der Waals surface area contributed by atoms with Crippen LogP contribution in [0.15, 0.2) is 24.5 Å². The SMILES string of the molecule is CC(C)(CCCl)CNc1ccncc1. The number of alkyl halides is 1. The first kappa shape index (κ1) is 11.3. The molecule has 0 aromatic carbocycles. The minimum absolute atomic E-state index is 0.241. The first-order chi connectivity index (χ1) is 6.64. The van der Waals surface area contributed by atoms with Gasteiger partial charge in [0.05, 0.1) is 0 Å². The van der Waals surface area contributed by atoms with E-state index in [4.69, 9.17) is 11.6 Å². The second-order valence-electron chi connectivity index (χ2n) is 4.19. The summed E-state index contributed by atoms with van der Waals surface area (Å²) in [5.41, 5.74) is 1.35. The number of halogens is 1. The molecular weight excluding hydrogens is 196 g/mol. The Morgan fingerprint density at radius 3 is 2.57 bits per heavy atom. The van der Waals surface area contributed by atoms with Gasteiger partial charge in [0, 0.05) is 30.5 Å². The van der Waals surface area contributed by atoms with Crippen LogP contribution in [-0.4, -0.2) is 17.4 Å². The van der Waals surface area contributed by atoms with Crippen molar-refractivity contribution in [2.45, 2.75) is 20.3 Å². The zero-order chi connectivity index (χ0) is 10.4. The molecule has 78 valence electrons. The number of hydrogen-bond donors (Lipinski definition) is 1. The highest BCUT2D eigenvalue weighted by Gasteiger charge is 2.16. The summed E-state index contributed by atoms with van der Waals surface area (Å²) in [4.78, 5) is 3.97. The van der Waals surface area contributed by atoms with E-state index in [0.717, 1.165) is 18.7 Å². The first-order valence-corrected chi connectivity index (χ1v) is 5.37. The summed E-state index contributed by atoms with van der Waals surface area (Å²) >= 11 is 5.73. The lowest BCUT2D eigenvalue weighted by Crippen LogP contribution is -2.23. The lowest BCUT2D eigenvalue weighted by Gasteiger charge is -2.24. The van der Waals surface area contributed by atoms with Crippen molar-refractivity contribution in [3.63, 3.8) is 0 Å². The standard InChI is InChI=1S/C11H17ClN2/c1-11(2,5-6-12)9-14-10-3-7-13-8-4-10/h3-4,7-8H,5-6,9H2,1-2H3,(H,13,14). The molecule has 0 spiro atoms. The van der Waals surface area contributed by atoms with Crippen molar-refractivity contribution in [2.24, 2.45) is 5.41 Å². The Bertz CT molecular complexity index is 259. The maximum atomic E-state index is 5.73. The molecule has 0 aliphatic rings. The van der Waals surface area contributed by atoms with Crippen LogP contribution >= 0.6 is 11.6 Å². The third kappa shape index (κ3) is 3.97. The van der Waals surface area contributed by atoms with Gasteiger partial charge in [0.25, 0.3) is 0 Å². The highest BCUT2D eigenvalue weighted by atomic mass is 35.5. The Labute approximate surface area is 90.7 Å². The zero-order valence-corrected chi connectivity index (χ0v) is 9.51. The van der Waals surface area contributed by atoms with Gasteiger partial charge in [-0.05, 0) is 24.0 Å². The fourth-order valence-electron chi connectivity index (χ4n) is 1.16. The number of aromatic nitrogens is 1. The maximum Gasteiger partial charge on any atom is 0.0371 e. The molecule has 14 heavy (non-hydrogen) atoms. The smallest absolute Gasteiger partial charge is 0.0371 e. The van der Waals surface area contributed by atoms with Crippen LogP contribution in [0.1, 0.15) is 20.3 Å². The van der Waals surface area contributed by atoms with Crippen molar-refractivity contribution in [1.82, 2.24) is 4.98 Å². The van der Waals surface area contributed by atoms with Crippen LogP contribution in [-0.2, 0) is 0 Å². The zero-order valence-electron chi connectivity index (χ0n) is 8.76. The summed E-state index contributed by atoms with van der Waals surface area (Å²) in [6.07, 6.45) is 4.60. The minimum Gasteiger partial charge on any atom is -0.384 e. The Hall–Kier alpha value is -0.760. The molecule has 1 N–H and O–H groups in total. The molecule has 1 aromatic heterocycles. The van der Waals surface area contributed by atoms with Gasteiger partial charge in [-0.25, -0.2) is 0 Å². The van der Waals surface area contributed by atoms with Crippen LogP contribution < -0.4 is 5.32 Å². The Balaban J connectivity index is 2.40. The quantitative estimate of drug-likeness (QED) is 0.759. The van der Waals surface area contributed by atoms with Crippen molar-refractivity contribution < 1.29 is 0 Å². The van der Waals surface area contributed by atoms with Gasteiger partial charge >= 0.3 is 0 Å². The van der Waals surface area contributed by atoms with Gasteiger partial charge in [0.1, 0.15) is 0 Å². The van der Waals surface area contributed by atoms with E-state index in [9.17, 15) is 0 Å².